The fourth-order valence-corrected chi connectivity index (χ4v) is 6.16. The second kappa shape index (κ2) is 15.3. The predicted octanol–water partition coefficient (Wildman–Crippen LogP) is 2.33. The van der Waals surface area contributed by atoms with Crippen LogP contribution in [0.1, 0.15) is 56.1 Å². The van der Waals surface area contributed by atoms with Crippen LogP contribution in [-0.4, -0.2) is 51.2 Å². The molecule has 2 aromatic carbocycles. The van der Waals surface area contributed by atoms with Gasteiger partial charge in [0, 0.05) is 12.1 Å². The molecule has 46 heavy (non-hydrogen) atoms. The third kappa shape index (κ3) is 9.80. The average Bonchev–Trinajstić information content (AvgIpc) is 3.00. The van der Waals surface area contributed by atoms with Crippen molar-refractivity contribution in [2.45, 2.75) is 75.6 Å². The standard InChI is InChI=1S/C31H40N5O9P/c32-22-8-6-7-21(17-22)19-44-30(40)35-26(18-20-11-13-23(14-12-20)45-46(41,42)43)28(38)36-31(15-4-1-5-16-31)29(39)34-25-10-3-2-9-24(25)27(33)37/h3,6-8,10-14,17,24-26H,1-2,4-5,9,15-16,18-19,32H2,(H2,33,37)(H,34,39)(H,35,40)(H,36,38)(H2,41,42,43)/t24-,25+,26-/m0/s1. The molecule has 0 saturated heterocycles. The molecule has 1 fully saturated rings. The van der Waals surface area contributed by atoms with Gasteiger partial charge >= 0.3 is 13.9 Å². The van der Waals surface area contributed by atoms with Crippen molar-refractivity contribution >= 4 is 37.3 Å². The lowest BCUT2D eigenvalue weighted by Gasteiger charge is -2.39. The van der Waals surface area contributed by atoms with Gasteiger partial charge in [0.1, 0.15) is 23.9 Å². The first-order valence-electron chi connectivity index (χ1n) is 15.0. The van der Waals surface area contributed by atoms with Crippen molar-refractivity contribution in [3.05, 3.63) is 71.8 Å². The van der Waals surface area contributed by atoms with E-state index in [2.05, 4.69) is 20.5 Å². The molecule has 0 radical (unpaired) electrons. The van der Waals surface area contributed by atoms with Crippen LogP contribution in [0.2, 0.25) is 0 Å². The molecule has 248 valence electrons. The molecule has 15 heteroatoms. The van der Waals surface area contributed by atoms with Crippen LogP contribution in [-0.2, 0) is 36.7 Å². The number of phosphoric ester groups is 1. The Morgan fingerprint density at radius 1 is 1.02 bits per heavy atom. The number of nitrogens with two attached hydrogens (primary N) is 2. The van der Waals surface area contributed by atoms with E-state index in [1.165, 1.54) is 24.3 Å². The molecule has 3 atom stereocenters. The Hall–Kier alpha value is -4.39. The highest BCUT2D eigenvalue weighted by Gasteiger charge is 2.44. The topological polar surface area (TPSA) is 232 Å². The van der Waals surface area contributed by atoms with Gasteiger partial charge in [-0.1, -0.05) is 55.7 Å². The molecule has 4 rings (SSSR count). The molecule has 2 aliphatic rings. The van der Waals surface area contributed by atoms with E-state index >= 15 is 0 Å². The molecule has 4 amide bonds. The van der Waals surface area contributed by atoms with Crippen LogP contribution in [0.3, 0.4) is 0 Å². The lowest BCUT2D eigenvalue weighted by molar-refractivity contribution is -0.136. The van der Waals surface area contributed by atoms with Crippen LogP contribution >= 0.6 is 7.82 Å². The van der Waals surface area contributed by atoms with Gasteiger partial charge in [-0.15, -0.1) is 0 Å². The minimum atomic E-state index is -4.78. The van der Waals surface area contributed by atoms with Crippen molar-refractivity contribution < 1.29 is 42.8 Å². The smallest absolute Gasteiger partial charge is 0.445 e. The molecule has 0 unspecified atom stereocenters. The zero-order valence-corrected chi connectivity index (χ0v) is 26.1. The highest BCUT2D eigenvalue weighted by molar-refractivity contribution is 7.46. The number of amides is 4. The SMILES string of the molecule is NC(=O)[C@H]1CCC=C[C@H]1NC(=O)C1(NC(=O)[C@H](Cc2ccc(OP(=O)(O)O)cc2)NC(=O)OCc2cccc(N)c2)CCCCC1. The third-order valence-corrected chi connectivity index (χ3v) is 8.55. The van der Waals surface area contributed by atoms with Crippen molar-refractivity contribution in [1.82, 2.24) is 16.0 Å². The number of hydrogen-bond acceptors (Lipinski definition) is 8. The van der Waals surface area contributed by atoms with Gasteiger partial charge in [-0.2, -0.15) is 0 Å². The molecule has 9 N–H and O–H groups in total. The summed E-state index contributed by atoms with van der Waals surface area (Å²) in [6.45, 7) is -0.109. The lowest BCUT2D eigenvalue weighted by atomic mass is 9.79. The molecule has 0 aromatic heterocycles. The number of nitrogens with one attached hydrogen (secondary N) is 3. The minimum Gasteiger partial charge on any atom is -0.445 e. The van der Waals surface area contributed by atoms with Gasteiger partial charge < -0.3 is 36.7 Å². The fraction of sp³-hybridized carbons (Fsp3) is 0.419. The van der Waals surface area contributed by atoms with E-state index in [-0.39, 0.29) is 18.8 Å². The maximum Gasteiger partial charge on any atom is 0.524 e. The maximum absolute atomic E-state index is 13.9. The number of carbonyl (C=O) groups is 4. The van der Waals surface area contributed by atoms with Gasteiger partial charge in [-0.25, -0.2) is 9.36 Å². The summed E-state index contributed by atoms with van der Waals surface area (Å²) >= 11 is 0. The van der Waals surface area contributed by atoms with E-state index in [4.69, 9.17) is 26.0 Å². The normalized spacial score (nSPS) is 19.7. The number of ether oxygens (including phenoxy) is 1. The summed E-state index contributed by atoms with van der Waals surface area (Å²) in [5.74, 6) is -2.26. The summed E-state index contributed by atoms with van der Waals surface area (Å²) in [6, 6.07) is 10.6. The van der Waals surface area contributed by atoms with E-state index < -0.39 is 55.2 Å². The summed E-state index contributed by atoms with van der Waals surface area (Å²) in [7, 11) is -4.78. The van der Waals surface area contributed by atoms with E-state index in [0.717, 1.165) is 6.42 Å². The van der Waals surface area contributed by atoms with E-state index in [1.54, 1.807) is 30.3 Å². The molecular formula is C31H40N5O9P. The largest absolute Gasteiger partial charge is 0.524 e. The molecule has 0 aliphatic heterocycles. The Morgan fingerprint density at radius 2 is 1.74 bits per heavy atom. The number of rotatable bonds is 12. The molecule has 0 heterocycles. The summed E-state index contributed by atoms with van der Waals surface area (Å²) in [6.07, 6.45) is 6.77. The number of primary amides is 1. The van der Waals surface area contributed by atoms with Crippen molar-refractivity contribution in [2.24, 2.45) is 11.7 Å². The highest BCUT2D eigenvalue weighted by Crippen LogP contribution is 2.37. The van der Waals surface area contributed by atoms with E-state index in [1.807, 2.05) is 6.08 Å². The monoisotopic (exact) mass is 657 g/mol. The van der Waals surface area contributed by atoms with Crippen molar-refractivity contribution in [2.75, 3.05) is 5.73 Å². The van der Waals surface area contributed by atoms with Crippen molar-refractivity contribution in [1.29, 1.82) is 0 Å². The number of nitrogen functional groups attached to an aromatic ring is 1. The second-order valence-electron chi connectivity index (χ2n) is 11.6. The molecule has 2 aliphatic carbocycles. The van der Waals surface area contributed by atoms with Crippen molar-refractivity contribution in [3.63, 3.8) is 0 Å². The number of alkyl carbamates (subject to hydrolysis) is 1. The Bertz CT molecular complexity index is 1490. The number of benzene rings is 2. The van der Waals surface area contributed by atoms with Gasteiger partial charge in [-0.05, 0) is 61.1 Å². The third-order valence-electron chi connectivity index (χ3n) is 8.11. The van der Waals surface area contributed by atoms with Crippen LogP contribution in [0.25, 0.3) is 0 Å². The Labute approximate surface area is 266 Å². The summed E-state index contributed by atoms with van der Waals surface area (Å²) in [4.78, 5) is 70.9. The first kappa shape index (κ1) is 34.5. The quantitative estimate of drug-likeness (QED) is 0.1000. The first-order chi connectivity index (χ1) is 21.8. The summed E-state index contributed by atoms with van der Waals surface area (Å²) < 4.78 is 21.1. The van der Waals surface area contributed by atoms with Gasteiger partial charge in [0.2, 0.25) is 17.7 Å². The predicted molar refractivity (Wildman–Crippen MR) is 168 cm³/mol. The molecule has 0 spiro atoms. The molecule has 14 nitrogen and oxygen atoms in total. The van der Waals surface area contributed by atoms with Crippen LogP contribution in [0, 0.1) is 5.92 Å². The minimum absolute atomic E-state index is 0.0534. The average molecular weight is 658 g/mol. The van der Waals surface area contributed by atoms with Gasteiger partial charge in [0.15, 0.2) is 0 Å². The molecular weight excluding hydrogens is 617 g/mol. The van der Waals surface area contributed by atoms with Gasteiger partial charge in [0.25, 0.3) is 0 Å². The summed E-state index contributed by atoms with van der Waals surface area (Å²) in [5, 5.41) is 8.42. The van der Waals surface area contributed by atoms with Gasteiger partial charge in [-0.3, -0.25) is 24.2 Å². The number of carbonyl (C=O) groups excluding carboxylic acids is 4. The Kier molecular flexibility index (Phi) is 11.4. The van der Waals surface area contributed by atoms with Crippen LogP contribution < -0.4 is 31.9 Å². The van der Waals surface area contributed by atoms with Crippen LogP contribution in [0.4, 0.5) is 10.5 Å². The van der Waals surface area contributed by atoms with Crippen LogP contribution in [0.15, 0.2) is 60.7 Å². The Morgan fingerprint density at radius 3 is 2.39 bits per heavy atom. The summed E-state index contributed by atoms with van der Waals surface area (Å²) in [5.41, 5.74) is 11.8. The highest BCUT2D eigenvalue weighted by atomic mass is 31.2. The van der Waals surface area contributed by atoms with Crippen LogP contribution in [0.5, 0.6) is 5.75 Å². The van der Waals surface area contributed by atoms with Crippen molar-refractivity contribution in [3.8, 4) is 5.75 Å². The fourth-order valence-electron chi connectivity index (χ4n) is 5.76. The number of allylic oxidation sites excluding steroid dienone is 1. The molecule has 1 saturated carbocycles. The lowest BCUT2D eigenvalue weighted by Crippen LogP contribution is -2.64. The number of phosphoric acid groups is 1. The number of anilines is 1. The zero-order chi connectivity index (χ0) is 33.3. The van der Waals surface area contributed by atoms with E-state index in [0.29, 0.717) is 55.3 Å². The van der Waals surface area contributed by atoms with Gasteiger partial charge in [0.05, 0.1) is 12.0 Å². The zero-order valence-electron chi connectivity index (χ0n) is 25.2. The van der Waals surface area contributed by atoms with E-state index in [9.17, 15) is 23.7 Å². The second-order valence-corrected chi connectivity index (χ2v) is 12.8. The maximum atomic E-state index is 13.9. The first-order valence-corrected chi connectivity index (χ1v) is 16.6. The molecule has 0 bridgehead atoms. The Balaban J connectivity index is 1.53. The molecule has 2 aromatic rings. The number of hydrogen-bond donors (Lipinski definition) is 7.